The summed E-state index contributed by atoms with van der Waals surface area (Å²) >= 11 is 0. The summed E-state index contributed by atoms with van der Waals surface area (Å²) in [6.07, 6.45) is 8.17. The van der Waals surface area contributed by atoms with Crippen molar-refractivity contribution in [3.8, 4) is 0 Å². The van der Waals surface area contributed by atoms with Gasteiger partial charge in [-0.05, 0) is 38.8 Å². The highest BCUT2D eigenvalue weighted by Crippen LogP contribution is 2.23. The first-order valence-electron chi connectivity index (χ1n) is 6.53. The molecule has 0 aromatic rings. The van der Waals surface area contributed by atoms with Crippen LogP contribution < -0.4 is 0 Å². The van der Waals surface area contributed by atoms with Crippen LogP contribution in [0.1, 0.15) is 66.2 Å². The minimum absolute atomic E-state index is 0.512. The molecular formula is C14H31N. The van der Waals surface area contributed by atoms with Gasteiger partial charge in [-0.3, -0.25) is 0 Å². The first-order chi connectivity index (χ1) is 6.87. The highest BCUT2D eigenvalue weighted by molar-refractivity contribution is 4.67. The summed E-state index contributed by atoms with van der Waals surface area (Å²) < 4.78 is 0. The van der Waals surface area contributed by atoms with Gasteiger partial charge in [0.05, 0.1) is 0 Å². The lowest BCUT2D eigenvalue weighted by Gasteiger charge is -2.24. The van der Waals surface area contributed by atoms with Gasteiger partial charge in [0.25, 0.3) is 0 Å². The van der Waals surface area contributed by atoms with Gasteiger partial charge in [-0.1, -0.05) is 47.0 Å². The van der Waals surface area contributed by atoms with Crippen LogP contribution in [0.5, 0.6) is 0 Å². The van der Waals surface area contributed by atoms with Crippen LogP contribution in [0.25, 0.3) is 0 Å². The van der Waals surface area contributed by atoms with Crippen LogP contribution in [0.2, 0.25) is 0 Å². The van der Waals surface area contributed by atoms with Crippen molar-refractivity contribution in [2.75, 3.05) is 14.1 Å². The molecule has 0 radical (unpaired) electrons. The molecule has 0 aliphatic rings. The SMILES string of the molecule is CCCC(CCCCC(C)(C)C)N(C)C. The normalized spacial score (nSPS) is 14.6. The Hall–Kier alpha value is -0.0400. The van der Waals surface area contributed by atoms with Gasteiger partial charge in [-0.15, -0.1) is 0 Å². The van der Waals surface area contributed by atoms with Crippen molar-refractivity contribution >= 4 is 0 Å². The Kier molecular flexibility index (Phi) is 7.25. The third-order valence-electron chi connectivity index (χ3n) is 3.07. The summed E-state index contributed by atoms with van der Waals surface area (Å²) in [4.78, 5) is 2.39. The van der Waals surface area contributed by atoms with Crippen LogP contribution in [0.3, 0.4) is 0 Å². The zero-order valence-electron chi connectivity index (χ0n) is 11.8. The molecule has 0 rings (SSSR count). The molecule has 0 saturated carbocycles. The van der Waals surface area contributed by atoms with Gasteiger partial charge in [0.1, 0.15) is 0 Å². The van der Waals surface area contributed by atoms with Gasteiger partial charge in [0.2, 0.25) is 0 Å². The average Bonchev–Trinajstić information content (AvgIpc) is 2.08. The summed E-state index contributed by atoms with van der Waals surface area (Å²) in [5.74, 6) is 0. The predicted molar refractivity (Wildman–Crippen MR) is 70.3 cm³/mol. The van der Waals surface area contributed by atoms with Crippen LogP contribution in [0, 0.1) is 5.41 Å². The van der Waals surface area contributed by atoms with Gasteiger partial charge in [0.15, 0.2) is 0 Å². The number of rotatable bonds is 7. The first kappa shape index (κ1) is 15.0. The van der Waals surface area contributed by atoms with E-state index in [1.165, 1.54) is 38.5 Å². The fourth-order valence-electron chi connectivity index (χ4n) is 2.03. The lowest BCUT2D eigenvalue weighted by Crippen LogP contribution is -2.27. The van der Waals surface area contributed by atoms with Crippen molar-refractivity contribution < 1.29 is 0 Å². The van der Waals surface area contributed by atoms with Crippen molar-refractivity contribution in [2.24, 2.45) is 5.41 Å². The molecule has 1 heteroatoms. The summed E-state index contributed by atoms with van der Waals surface area (Å²) in [6, 6.07) is 0.801. The monoisotopic (exact) mass is 213 g/mol. The zero-order chi connectivity index (χ0) is 11.9. The smallest absolute Gasteiger partial charge is 0.00890 e. The van der Waals surface area contributed by atoms with E-state index in [2.05, 4.69) is 46.7 Å². The molecule has 0 amide bonds. The Morgan fingerprint density at radius 3 is 2.00 bits per heavy atom. The molecular weight excluding hydrogens is 182 g/mol. The van der Waals surface area contributed by atoms with Crippen LogP contribution >= 0.6 is 0 Å². The van der Waals surface area contributed by atoms with E-state index in [0.717, 1.165) is 6.04 Å². The van der Waals surface area contributed by atoms with Crippen LogP contribution in [-0.2, 0) is 0 Å². The van der Waals surface area contributed by atoms with Gasteiger partial charge in [0, 0.05) is 6.04 Å². The largest absolute Gasteiger partial charge is 0.306 e. The predicted octanol–water partition coefficient (Wildman–Crippen LogP) is 4.32. The highest BCUT2D eigenvalue weighted by atomic mass is 15.1. The van der Waals surface area contributed by atoms with Gasteiger partial charge >= 0.3 is 0 Å². The Labute approximate surface area is 97.2 Å². The minimum atomic E-state index is 0.512. The lowest BCUT2D eigenvalue weighted by atomic mass is 9.89. The molecule has 0 aromatic carbocycles. The van der Waals surface area contributed by atoms with Gasteiger partial charge in [-0.2, -0.15) is 0 Å². The topological polar surface area (TPSA) is 3.24 Å². The minimum Gasteiger partial charge on any atom is -0.306 e. The van der Waals surface area contributed by atoms with E-state index in [4.69, 9.17) is 0 Å². The molecule has 15 heavy (non-hydrogen) atoms. The molecule has 0 N–H and O–H groups in total. The van der Waals surface area contributed by atoms with E-state index in [1.54, 1.807) is 0 Å². The molecule has 0 fully saturated rings. The lowest BCUT2D eigenvalue weighted by molar-refractivity contribution is 0.250. The highest BCUT2D eigenvalue weighted by Gasteiger charge is 2.12. The Morgan fingerprint density at radius 1 is 1.00 bits per heavy atom. The van der Waals surface area contributed by atoms with Crippen molar-refractivity contribution in [3.63, 3.8) is 0 Å². The summed E-state index contributed by atoms with van der Waals surface area (Å²) in [7, 11) is 4.42. The van der Waals surface area contributed by atoms with E-state index in [1.807, 2.05) is 0 Å². The summed E-state index contributed by atoms with van der Waals surface area (Å²) in [5, 5.41) is 0. The second-order valence-corrected chi connectivity index (χ2v) is 6.21. The molecule has 92 valence electrons. The van der Waals surface area contributed by atoms with Crippen molar-refractivity contribution in [1.29, 1.82) is 0 Å². The average molecular weight is 213 g/mol. The molecule has 1 atom stereocenters. The number of hydrogen-bond acceptors (Lipinski definition) is 1. The molecule has 0 aliphatic heterocycles. The van der Waals surface area contributed by atoms with Crippen molar-refractivity contribution in [2.45, 2.75) is 72.3 Å². The van der Waals surface area contributed by atoms with Gasteiger partial charge < -0.3 is 4.90 Å². The molecule has 0 aromatic heterocycles. The fraction of sp³-hybridized carbons (Fsp3) is 1.00. The number of unbranched alkanes of at least 4 members (excludes halogenated alkanes) is 1. The van der Waals surface area contributed by atoms with Crippen LogP contribution in [0.4, 0.5) is 0 Å². The standard InChI is InChI=1S/C14H31N/c1-7-10-13(15(5)6)11-8-9-12-14(2,3)4/h13H,7-12H2,1-6H3. The molecule has 0 aliphatic carbocycles. The number of nitrogens with zero attached hydrogens (tertiary/aromatic N) is 1. The molecule has 0 bridgehead atoms. The maximum absolute atomic E-state index is 2.39. The molecule has 0 heterocycles. The Morgan fingerprint density at radius 2 is 1.60 bits per heavy atom. The first-order valence-corrected chi connectivity index (χ1v) is 6.53. The third kappa shape index (κ3) is 8.92. The molecule has 0 saturated heterocycles. The Bertz CT molecular complexity index is 144. The van der Waals surface area contributed by atoms with E-state index < -0.39 is 0 Å². The zero-order valence-corrected chi connectivity index (χ0v) is 11.8. The second-order valence-electron chi connectivity index (χ2n) is 6.21. The van der Waals surface area contributed by atoms with Crippen LogP contribution in [-0.4, -0.2) is 25.0 Å². The van der Waals surface area contributed by atoms with E-state index in [-0.39, 0.29) is 0 Å². The third-order valence-corrected chi connectivity index (χ3v) is 3.07. The Balaban J connectivity index is 3.62. The summed E-state index contributed by atoms with van der Waals surface area (Å²) in [6.45, 7) is 9.29. The van der Waals surface area contributed by atoms with E-state index in [0.29, 0.717) is 5.41 Å². The molecule has 0 spiro atoms. The van der Waals surface area contributed by atoms with E-state index >= 15 is 0 Å². The van der Waals surface area contributed by atoms with Crippen molar-refractivity contribution in [1.82, 2.24) is 4.90 Å². The maximum Gasteiger partial charge on any atom is 0.00890 e. The van der Waals surface area contributed by atoms with Gasteiger partial charge in [-0.25, -0.2) is 0 Å². The quantitative estimate of drug-likeness (QED) is 0.569. The summed E-state index contributed by atoms with van der Waals surface area (Å²) in [5.41, 5.74) is 0.512. The van der Waals surface area contributed by atoms with E-state index in [9.17, 15) is 0 Å². The molecule has 1 unspecified atom stereocenters. The van der Waals surface area contributed by atoms with Crippen molar-refractivity contribution in [3.05, 3.63) is 0 Å². The second kappa shape index (κ2) is 7.27. The van der Waals surface area contributed by atoms with Crippen LogP contribution in [0.15, 0.2) is 0 Å². The molecule has 1 nitrogen and oxygen atoms in total. The fourth-order valence-corrected chi connectivity index (χ4v) is 2.03. The number of hydrogen-bond donors (Lipinski definition) is 0. The maximum atomic E-state index is 2.39.